The fourth-order valence-corrected chi connectivity index (χ4v) is 748. The molecule has 0 aromatic heterocycles. The summed E-state index contributed by atoms with van der Waals surface area (Å²) >= 11 is 0. The van der Waals surface area contributed by atoms with Gasteiger partial charge in [-0.15, -0.1) is 0 Å². The highest BCUT2D eigenvalue weighted by Crippen LogP contribution is 2.77. The average molecular weight is 914 g/mol. The van der Waals surface area contributed by atoms with E-state index < -0.39 is 86.3 Å². The monoisotopic (exact) mass is 912 g/mol. The molecule has 3 heterocycles. The third-order valence-corrected chi connectivity index (χ3v) is 345. The quantitative estimate of drug-likeness (QED) is 0.212. The first-order chi connectivity index (χ1) is 22.0. The molecule has 0 N–H and O–H groups in total. The molecule has 0 saturated carbocycles. The van der Waals surface area contributed by atoms with E-state index in [1.807, 2.05) is 0 Å². The Labute approximate surface area is 342 Å². The van der Waals surface area contributed by atoms with E-state index in [4.69, 9.17) is 0 Å². The molecule has 4 radical (unpaired) electrons. The van der Waals surface area contributed by atoms with Crippen LogP contribution in [0.3, 0.4) is 0 Å². The van der Waals surface area contributed by atoms with Crippen molar-refractivity contribution in [2.45, 2.75) is 259 Å². The molecular weight excluding hydrogens is 817 g/mol. The van der Waals surface area contributed by atoms with Crippen molar-refractivity contribution in [3.8, 4) is 0 Å². The molecule has 0 nitrogen and oxygen atoms in total. The van der Waals surface area contributed by atoms with Gasteiger partial charge in [0.1, 0.15) is 0 Å². The second-order valence-electron chi connectivity index (χ2n) is 29.0. The maximum absolute atomic E-state index is 3.20. The summed E-state index contributed by atoms with van der Waals surface area (Å²) in [5, 5.41) is 3.97. The summed E-state index contributed by atoms with van der Waals surface area (Å²) in [5.74, 6) is 0. The molecule has 0 aromatic carbocycles. The molecule has 0 atom stereocenters. The summed E-state index contributed by atoms with van der Waals surface area (Å²) in [5.41, 5.74) is 0. The highest BCUT2D eigenvalue weighted by molar-refractivity contribution is 8.43. The normalized spacial score (nSPS) is 28.2. The first-order valence-electron chi connectivity index (χ1n) is 21.5. The summed E-state index contributed by atoms with van der Waals surface area (Å²) in [6.07, 6.45) is 0. The van der Waals surface area contributed by atoms with Gasteiger partial charge in [-0.3, -0.25) is 0 Å². The van der Waals surface area contributed by atoms with Crippen LogP contribution in [0.2, 0.25) is 92.7 Å². The molecule has 0 aromatic rings. The van der Waals surface area contributed by atoms with Crippen molar-refractivity contribution < 1.29 is 0 Å². The van der Waals surface area contributed by atoms with E-state index in [1.165, 1.54) is 0 Å². The molecule has 0 unspecified atom stereocenters. The Bertz CT molecular complexity index is 1120. The third-order valence-electron chi connectivity index (χ3n) is 18.4. The zero-order valence-electron chi connectivity index (χ0n) is 42.0. The largest absolute Gasteiger partial charge is 0.0735 e. The van der Waals surface area contributed by atoms with Gasteiger partial charge in [0.25, 0.3) is 0 Å². The van der Waals surface area contributed by atoms with E-state index in [0.29, 0.717) is 40.3 Å². The van der Waals surface area contributed by atoms with Gasteiger partial charge in [-0.25, -0.2) is 0 Å². The van der Waals surface area contributed by atoms with Crippen molar-refractivity contribution in [2.75, 3.05) is 0 Å². The third kappa shape index (κ3) is 4.93. The van der Waals surface area contributed by atoms with Crippen molar-refractivity contribution in [1.29, 1.82) is 0 Å². The highest BCUT2D eigenvalue weighted by Gasteiger charge is 2.97. The Balaban J connectivity index is 3.13. The predicted molar refractivity (Wildman–Crippen MR) is 274 cm³/mol. The lowest BCUT2D eigenvalue weighted by molar-refractivity contribution is 0.639. The van der Waals surface area contributed by atoms with Crippen LogP contribution in [0.15, 0.2) is 0 Å². The van der Waals surface area contributed by atoms with Crippen LogP contribution in [0.5, 0.6) is 0 Å². The van der Waals surface area contributed by atoms with Crippen LogP contribution in [0, 0.1) is 0 Å². The van der Waals surface area contributed by atoms with Crippen LogP contribution in [0.1, 0.15) is 166 Å². The van der Waals surface area contributed by atoms with Gasteiger partial charge in [0.05, 0.1) is 0 Å². The maximum atomic E-state index is 3.20. The van der Waals surface area contributed by atoms with Crippen LogP contribution in [0.4, 0.5) is 0 Å². The highest BCUT2D eigenvalue weighted by atomic mass is 30.7. The summed E-state index contributed by atoms with van der Waals surface area (Å²) in [4.78, 5) is 0. The molecule has 0 amide bonds. The SMILES string of the molecule is CC(C)(C)[Si]1(C(C)(C)C)[Si]2[Si]([Si]3[Si]2[Si](C(C)(C)C)(C(C)(C)C)[Si](C)(C)[Si](C)(C)[Si]3(C(C)(C)C)C(C)(C)C)[Si](C(C)(C)C)(C(C)(C)C)[Si](C)(C)[Si]1(C)C. The van der Waals surface area contributed by atoms with Crippen molar-refractivity contribution in [2.24, 2.45) is 0 Å². The standard InChI is InChI=1S/C40H96Si12/c1-33(2,3)49(34(4,5)6)41-42(50(35(7,8)9,36(10,11)12)46(27,28)45(49,25)26)44-43(41)51(37(13,14)15,38(16,17)18)47(29,30)48(31,32)52(44,39(19,20)21)40(22,23)24/h1-32H3. The zero-order chi connectivity index (χ0) is 42.3. The molecule has 0 spiro atoms. The molecule has 3 fully saturated rings. The van der Waals surface area contributed by atoms with Crippen LogP contribution < -0.4 is 0 Å². The Hall–Kier alpha value is 2.60. The molecule has 52 heavy (non-hydrogen) atoms. The van der Waals surface area contributed by atoms with Gasteiger partial charge in [0.15, 0.2) is 0 Å². The molecule has 3 saturated heterocycles. The predicted octanol–water partition coefficient (Wildman–Crippen LogP) is 14.1. The van der Waals surface area contributed by atoms with Gasteiger partial charge in [0, 0.05) is 86.3 Å². The summed E-state index contributed by atoms with van der Waals surface area (Å²) in [6.45, 7) is 95.8. The van der Waals surface area contributed by atoms with E-state index in [0.717, 1.165) is 0 Å². The van der Waals surface area contributed by atoms with E-state index in [1.54, 1.807) is 0 Å². The lowest BCUT2D eigenvalue weighted by Crippen LogP contribution is -3.20. The summed E-state index contributed by atoms with van der Waals surface area (Å²) < 4.78 is 0. The van der Waals surface area contributed by atoms with Crippen molar-refractivity contribution in [1.82, 2.24) is 0 Å². The number of hydrogen-bond acceptors (Lipinski definition) is 0. The molecule has 3 aliphatic heterocycles. The zero-order valence-corrected chi connectivity index (χ0v) is 54.0. The molecule has 3 rings (SSSR count). The average Bonchev–Trinajstić information content (AvgIpc) is 2.74. The minimum atomic E-state index is -1.87. The van der Waals surface area contributed by atoms with Crippen molar-refractivity contribution in [3.05, 3.63) is 0 Å². The minimum absolute atomic E-state index is 0.497. The first-order valence-corrected chi connectivity index (χ1v) is 61.5. The second kappa shape index (κ2) is 12.1. The van der Waals surface area contributed by atoms with Gasteiger partial charge in [-0.2, -0.15) is 0 Å². The number of rotatable bonds is 0. The summed E-state index contributed by atoms with van der Waals surface area (Å²) in [7, 11) is -16.6. The Morgan fingerprint density at radius 3 is 0.327 bits per heavy atom. The molecular formula is C40H96Si12. The van der Waals surface area contributed by atoms with Gasteiger partial charge in [0.2, 0.25) is 0 Å². The molecule has 0 bridgehead atoms. The van der Waals surface area contributed by atoms with Crippen molar-refractivity contribution >= 4 is 86.3 Å². The van der Waals surface area contributed by atoms with Crippen LogP contribution in [-0.2, 0) is 0 Å². The smallest absolute Gasteiger partial charge is 0.0415 e. The maximum Gasteiger partial charge on any atom is 0.0415 e. The molecule has 3 aliphatic rings. The van der Waals surface area contributed by atoms with Crippen LogP contribution in [0.25, 0.3) is 0 Å². The van der Waals surface area contributed by atoms with E-state index in [9.17, 15) is 0 Å². The molecule has 304 valence electrons. The molecule has 12 heteroatoms. The summed E-state index contributed by atoms with van der Waals surface area (Å²) in [6, 6.07) is 0. The van der Waals surface area contributed by atoms with Gasteiger partial charge >= 0.3 is 0 Å². The second-order valence-corrected chi connectivity index (χ2v) is 159. The van der Waals surface area contributed by atoms with Crippen LogP contribution in [-0.4, -0.2) is 86.3 Å². The Morgan fingerprint density at radius 2 is 0.269 bits per heavy atom. The van der Waals surface area contributed by atoms with Gasteiger partial charge in [-0.1, -0.05) is 219 Å². The lowest BCUT2D eigenvalue weighted by atomic mass is 10.2. The fraction of sp³-hybridized carbons (Fsp3) is 1.00. The molecule has 0 aliphatic carbocycles. The Kier molecular flexibility index (Phi) is 11.4. The van der Waals surface area contributed by atoms with Crippen LogP contribution >= 0.6 is 0 Å². The number of fused-ring (bicyclic) bond motifs is 4. The topological polar surface area (TPSA) is 0 Å². The van der Waals surface area contributed by atoms with E-state index in [-0.39, 0.29) is 0 Å². The van der Waals surface area contributed by atoms with Crippen molar-refractivity contribution in [3.63, 3.8) is 0 Å². The Morgan fingerprint density at radius 1 is 0.192 bits per heavy atom. The van der Waals surface area contributed by atoms with Gasteiger partial charge < -0.3 is 0 Å². The fourth-order valence-electron chi connectivity index (χ4n) is 20.1. The number of hydrogen-bond donors (Lipinski definition) is 0. The van der Waals surface area contributed by atoms with E-state index >= 15 is 0 Å². The van der Waals surface area contributed by atoms with E-state index in [2.05, 4.69) is 219 Å². The first kappa shape index (κ1) is 49.0. The minimum Gasteiger partial charge on any atom is -0.0735 e. The lowest BCUT2D eigenvalue weighted by Gasteiger charge is -2.92. The van der Waals surface area contributed by atoms with Gasteiger partial charge in [-0.05, 0) is 40.3 Å².